The van der Waals surface area contributed by atoms with Crippen LogP contribution in [0.2, 0.25) is 5.02 Å². The molecule has 0 aliphatic heterocycles. The molecule has 5 nitrogen and oxygen atoms in total. The molecule has 1 heterocycles. The van der Waals surface area contributed by atoms with Crippen molar-refractivity contribution in [3.05, 3.63) is 52.6 Å². The summed E-state index contributed by atoms with van der Waals surface area (Å²) in [7, 11) is 3.52. The third-order valence-corrected chi connectivity index (χ3v) is 4.29. The first-order valence-electron chi connectivity index (χ1n) is 7.63. The van der Waals surface area contributed by atoms with Crippen molar-refractivity contribution in [3.63, 3.8) is 0 Å². The SMILES string of the molecule is CNC(C(=O)NCC(C)(C)c1ccc(F)cc1Cl)c1cnn(C)c1.Cl. The molecule has 0 radical (unpaired) electrons. The molecule has 2 rings (SSSR count). The maximum atomic E-state index is 13.2. The van der Waals surface area contributed by atoms with Crippen LogP contribution in [0.3, 0.4) is 0 Å². The third-order valence-electron chi connectivity index (χ3n) is 3.97. The third kappa shape index (κ3) is 5.17. The van der Waals surface area contributed by atoms with Crippen molar-refractivity contribution in [1.82, 2.24) is 20.4 Å². The van der Waals surface area contributed by atoms with Crippen molar-refractivity contribution in [1.29, 1.82) is 0 Å². The number of likely N-dealkylation sites (N-methyl/N-ethyl adjacent to an activating group) is 1. The van der Waals surface area contributed by atoms with Gasteiger partial charge >= 0.3 is 0 Å². The maximum Gasteiger partial charge on any atom is 0.241 e. The Hall–Kier alpha value is -1.63. The Bertz CT molecular complexity index is 733. The summed E-state index contributed by atoms with van der Waals surface area (Å²) in [4.78, 5) is 12.5. The van der Waals surface area contributed by atoms with E-state index in [9.17, 15) is 9.18 Å². The average molecular weight is 389 g/mol. The van der Waals surface area contributed by atoms with E-state index in [0.717, 1.165) is 11.1 Å². The van der Waals surface area contributed by atoms with Gasteiger partial charge in [-0.15, -0.1) is 12.4 Å². The summed E-state index contributed by atoms with van der Waals surface area (Å²) in [5, 5.41) is 10.4. The number of aromatic nitrogens is 2. The summed E-state index contributed by atoms with van der Waals surface area (Å²) in [5.41, 5.74) is 1.14. The van der Waals surface area contributed by atoms with Crippen molar-refractivity contribution in [2.75, 3.05) is 13.6 Å². The predicted octanol–water partition coefficient (Wildman–Crippen LogP) is 2.99. The van der Waals surface area contributed by atoms with E-state index in [1.807, 2.05) is 13.8 Å². The van der Waals surface area contributed by atoms with Gasteiger partial charge in [0.1, 0.15) is 11.9 Å². The molecule has 0 spiro atoms. The van der Waals surface area contributed by atoms with E-state index in [0.29, 0.717) is 11.6 Å². The molecule has 1 atom stereocenters. The molecular weight excluding hydrogens is 366 g/mol. The van der Waals surface area contributed by atoms with Gasteiger partial charge in [-0.3, -0.25) is 9.48 Å². The lowest BCUT2D eigenvalue weighted by Crippen LogP contribution is -2.42. The molecule has 1 unspecified atom stereocenters. The van der Waals surface area contributed by atoms with Crippen molar-refractivity contribution in [3.8, 4) is 0 Å². The lowest BCUT2D eigenvalue weighted by atomic mass is 9.84. The van der Waals surface area contributed by atoms with Gasteiger partial charge in [-0.25, -0.2) is 4.39 Å². The zero-order chi connectivity index (χ0) is 17.9. The number of carbonyl (C=O) groups excluding carboxylic acids is 1. The van der Waals surface area contributed by atoms with Gasteiger partial charge in [0.25, 0.3) is 0 Å². The number of rotatable bonds is 6. The van der Waals surface area contributed by atoms with Gasteiger partial charge in [0.2, 0.25) is 5.91 Å². The first-order valence-corrected chi connectivity index (χ1v) is 8.01. The molecule has 1 aromatic heterocycles. The number of hydrogen-bond acceptors (Lipinski definition) is 3. The van der Waals surface area contributed by atoms with Gasteiger partial charge in [0.15, 0.2) is 0 Å². The van der Waals surface area contributed by atoms with E-state index < -0.39 is 11.5 Å². The Labute approximate surface area is 158 Å². The van der Waals surface area contributed by atoms with Gasteiger partial charge in [0, 0.05) is 35.8 Å². The number of amides is 1. The van der Waals surface area contributed by atoms with Crippen molar-refractivity contribution < 1.29 is 9.18 Å². The second-order valence-electron chi connectivity index (χ2n) is 6.39. The summed E-state index contributed by atoms with van der Waals surface area (Å²) in [6.07, 6.45) is 3.45. The minimum absolute atomic E-state index is 0. The molecule has 2 aromatic rings. The van der Waals surface area contributed by atoms with Gasteiger partial charge in [-0.05, 0) is 24.7 Å². The van der Waals surface area contributed by atoms with E-state index in [2.05, 4.69) is 15.7 Å². The molecule has 138 valence electrons. The number of carbonyl (C=O) groups is 1. The van der Waals surface area contributed by atoms with Crippen LogP contribution < -0.4 is 10.6 Å². The van der Waals surface area contributed by atoms with Crippen LogP contribution in [-0.2, 0) is 17.3 Å². The fourth-order valence-electron chi connectivity index (χ4n) is 2.58. The Morgan fingerprint density at radius 3 is 2.64 bits per heavy atom. The Morgan fingerprint density at radius 1 is 1.44 bits per heavy atom. The van der Waals surface area contributed by atoms with Crippen molar-refractivity contribution in [2.24, 2.45) is 7.05 Å². The topological polar surface area (TPSA) is 59.0 Å². The summed E-state index contributed by atoms with van der Waals surface area (Å²) >= 11 is 6.14. The second kappa shape index (κ2) is 8.65. The quantitative estimate of drug-likeness (QED) is 0.799. The molecule has 0 saturated heterocycles. The highest BCUT2D eigenvalue weighted by molar-refractivity contribution is 6.31. The molecule has 0 aliphatic carbocycles. The van der Waals surface area contributed by atoms with E-state index in [4.69, 9.17) is 11.6 Å². The summed E-state index contributed by atoms with van der Waals surface area (Å²) in [6, 6.07) is 3.82. The van der Waals surface area contributed by atoms with Gasteiger partial charge in [0.05, 0.1) is 6.20 Å². The molecule has 1 aromatic carbocycles. The van der Waals surface area contributed by atoms with Gasteiger partial charge < -0.3 is 10.6 Å². The summed E-state index contributed by atoms with van der Waals surface area (Å²) < 4.78 is 14.9. The second-order valence-corrected chi connectivity index (χ2v) is 6.80. The minimum atomic E-state index is -0.488. The fourth-order valence-corrected chi connectivity index (χ4v) is 3.01. The van der Waals surface area contributed by atoms with E-state index >= 15 is 0 Å². The molecular formula is C17H23Cl2FN4O. The molecule has 1 amide bonds. The van der Waals surface area contributed by atoms with Crippen LogP contribution in [0.15, 0.2) is 30.6 Å². The maximum absolute atomic E-state index is 13.2. The zero-order valence-electron chi connectivity index (χ0n) is 14.6. The highest BCUT2D eigenvalue weighted by Crippen LogP contribution is 2.30. The number of hydrogen-bond donors (Lipinski definition) is 2. The highest BCUT2D eigenvalue weighted by atomic mass is 35.5. The van der Waals surface area contributed by atoms with Crippen LogP contribution in [0.1, 0.15) is 31.0 Å². The Morgan fingerprint density at radius 2 is 2.12 bits per heavy atom. The van der Waals surface area contributed by atoms with Gasteiger partial charge in [-0.2, -0.15) is 5.10 Å². The molecule has 2 N–H and O–H groups in total. The standard InChI is InChI=1S/C17H22ClFN4O.ClH/c1-17(2,13-6-5-12(19)7-14(13)18)10-21-16(24)15(20-3)11-8-22-23(4)9-11;/h5-9,15,20H,10H2,1-4H3,(H,21,24);1H. The monoisotopic (exact) mass is 388 g/mol. The van der Waals surface area contributed by atoms with Gasteiger partial charge in [-0.1, -0.05) is 31.5 Å². The first-order chi connectivity index (χ1) is 11.2. The number of aryl methyl sites for hydroxylation is 1. The van der Waals surface area contributed by atoms with Crippen molar-refractivity contribution >= 4 is 29.9 Å². The Balaban J connectivity index is 0.00000312. The number of nitrogens with one attached hydrogen (secondary N) is 2. The summed E-state index contributed by atoms with van der Waals surface area (Å²) in [6.45, 7) is 4.27. The molecule has 8 heteroatoms. The lowest BCUT2D eigenvalue weighted by molar-refractivity contribution is -0.123. The Kier molecular flexibility index (Phi) is 7.41. The number of halogens is 3. The number of benzene rings is 1. The van der Waals surface area contributed by atoms with Crippen LogP contribution in [0.5, 0.6) is 0 Å². The number of nitrogens with zero attached hydrogens (tertiary/aromatic N) is 2. The first kappa shape index (κ1) is 21.4. The van der Waals surface area contributed by atoms with Crippen LogP contribution >= 0.6 is 24.0 Å². The molecule has 0 saturated carbocycles. The molecule has 0 fully saturated rings. The molecule has 0 aliphatic rings. The smallest absolute Gasteiger partial charge is 0.241 e. The molecule has 0 bridgehead atoms. The fraction of sp³-hybridized carbons (Fsp3) is 0.412. The summed E-state index contributed by atoms with van der Waals surface area (Å²) in [5.74, 6) is -0.535. The van der Waals surface area contributed by atoms with Crippen LogP contribution in [0, 0.1) is 5.82 Å². The van der Waals surface area contributed by atoms with Crippen molar-refractivity contribution in [2.45, 2.75) is 25.3 Å². The van der Waals surface area contributed by atoms with Crippen LogP contribution in [0.25, 0.3) is 0 Å². The zero-order valence-corrected chi connectivity index (χ0v) is 16.2. The minimum Gasteiger partial charge on any atom is -0.354 e. The normalized spacial score (nSPS) is 12.4. The van der Waals surface area contributed by atoms with E-state index in [1.54, 1.807) is 37.2 Å². The molecule has 25 heavy (non-hydrogen) atoms. The lowest BCUT2D eigenvalue weighted by Gasteiger charge is -2.27. The highest BCUT2D eigenvalue weighted by Gasteiger charge is 2.27. The van der Waals surface area contributed by atoms with E-state index in [1.165, 1.54) is 12.1 Å². The van der Waals surface area contributed by atoms with Crippen LogP contribution in [-0.4, -0.2) is 29.3 Å². The predicted molar refractivity (Wildman–Crippen MR) is 99.7 cm³/mol. The average Bonchev–Trinajstić information content (AvgIpc) is 2.92. The van der Waals surface area contributed by atoms with Crippen LogP contribution in [0.4, 0.5) is 4.39 Å². The van der Waals surface area contributed by atoms with E-state index in [-0.39, 0.29) is 24.1 Å². The largest absolute Gasteiger partial charge is 0.354 e.